The number of aromatic nitrogens is 2. The Morgan fingerprint density at radius 2 is 1.86 bits per heavy atom. The summed E-state index contributed by atoms with van der Waals surface area (Å²) < 4.78 is 35.2. The molecular formula is C25H17F2IN4O3. The van der Waals surface area contributed by atoms with Gasteiger partial charge in [0.25, 0.3) is 11.5 Å². The van der Waals surface area contributed by atoms with E-state index in [0.717, 1.165) is 6.07 Å². The van der Waals surface area contributed by atoms with Crippen molar-refractivity contribution in [3.63, 3.8) is 0 Å². The Morgan fingerprint density at radius 3 is 2.57 bits per heavy atom. The molecule has 0 bridgehead atoms. The van der Waals surface area contributed by atoms with Crippen molar-refractivity contribution in [2.24, 2.45) is 5.73 Å². The average molecular weight is 586 g/mol. The third kappa shape index (κ3) is 5.38. The summed E-state index contributed by atoms with van der Waals surface area (Å²) >= 11 is 1.87. The molecule has 4 rings (SSSR count). The first-order valence-corrected chi connectivity index (χ1v) is 11.2. The van der Waals surface area contributed by atoms with Gasteiger partial charge in [-0.3, -0.25) is 19.1 Å². The van der Waals surface area contributed by atoms with Crippen LogP contribution >= 0.6 is 22.6 Å². The van der Waals surface area contributed by atoms with E-state index in [9.17, 15) is 18.4 Å². The third-order valence-electron chi connectivity index (χ3n) is 4.84. The molecule has 2 aromatic carbocycles. The zero-order chi connectivity index (χ0) is 24.9. The minimum atomic E-state index is -0.735. The monoisotopic (exact) mass is 586 g/mol. The zero-order valence-corrected chi connectivity index (χ0v) is 20.1. The summed E-state index contributed by atoms with van der Waals surface area (Å²) in [6, 6.07) is 14.0. The summed E-state index contributed by atoms with van der Waals surface area (Å²) in [4.78, 5) is 30.0. The lowest BCUT2D eigenvalue weighted by molar-refractivity contribution is 0.102. The predicted molar refractivity (Wildman–Crippen MR) is 137 cm³/mol. The van der Waals surface area contributed by atoms with Gasteiger partial charge in [0.05, 0.1) is 0 Å². The quantitative estimate of drug-likeness (QED) is 0.307. The zero-order valence-electron chi connectivity index (χ0n) is 17.9. The summed E-state index contributed by atoms with van der Waals surface area (Å²) in [5.74, 6) is -1.69. The van der Waals surface area contributed by atoms with Gasteiger partial charge in [-0.05, 0) is 89.5 Å². The minimum Gasteiger partial charge on any atom is -0.452 e. The topological polar surface area (TPSA) is 99.2 Å². The summed E-state index contributed by atoms with van der Waals surface area (Å²) in [6.07, 6.45) is 5.85. The fraction of sp³-hybridized carbons (Fsp3) is 0. The number of ether oxygens (including phenoxy) is 1. The van der Waals surface area contributed by atoms with E-state index in [0.29, 0.717) is 20.7 Å². The highest BCUT2D eigenvalue weighted by molar-refractivity contribution is 14.1. The second kappa shape index (κ2) is 10.5. The van der Waals surface area contributed by atoms with Crippen LogP contribution in [0, 0.1) is 15.2 Å². The van der Waals surface area contributed by atoms with Crippen molar-refractivity contribution in [1.82, 2.24) is 9.55 Å². The summed E-state index contributed by atoms with van der Waals surface area (Å²) in [6.45, 7) is 0. The molecule has 0 aliphatic heterocycles. The van der Waals surface area contributed by atoms with Gasteiger partial charge in [0.15, 0.2) is 17.3 Å². The van der Waals surface area contributed by atoms with Gasteiger partial charge >= 0.3 is 0 Å². The highest BCUT2D eigenvalue weighted by Crippen LogP contribution is 2.29. The highest BCUT2D eigenvalue weighted by Gasteiger charge is 2.19. The van der Waals surface area contributed by atoms with Crippen molar-refractivity contribution in [3.8, 4) is 17.2 Å². The number of hydrogen-bond acceptors (Lipinski definition) is 5. The fourth-order valence-electron chi connectivity index (χ4n) is 3.20. The molecule has 3 N–H and O–H groups in total. The summed E-state index contributed by atoms with van der Waals surface area (Å²) in [7, 11) is 0. The van der Waals surface area contributed by atoms with Crippen LogP contribution in [0.25, 0.3) is 11.8 Å². The molecule has 0 saturated heterocycles. The number of anilines is 1. The lowest BCUT2D eigenvalue weighted by Gasteiger charge is -2.12. The van der Waals surface area contributed by atoms with Crippen LogP contribution in [-0.2, 0) is 0 Å². The molecule has 2 heterocycles. The van der Waals surface area contributed by atoms with Crippen LogP contribution in [-0.4, -0.2) is 15.5 Å². The maximum Gasteiger partial charge on any atom is 0.269 e. The molecule has 0 radical (unpaired) electrons. The van der Waals surface area contributed by atoms with Crippen LogP contribution in [0.1, 0.15) is 16.1 Å². The minimum absolute atomic E-state index is 0.0874. The highest BCUT2D eigenvalue weighted by atomic mass is 127. The lowest BCUT2D eigenvalue weighted by atomic mass is 10.2. The van der Waals surface area contributed by atoms with Crippen molar-refractivity contribution in [2.45, 2.75) is 0 Å². The van der Waals surface area contributed by atoms with Gasteiger partial charge in [-0.15, -0.1) is 0 Å². The number of carbonyl (C=O) groups is 1. The van der Waals surface area contributed by atoms with Crippen LogP contribution in [0.15, 0.2) is 84.1 Å². The van der Waals surface area contributed by atoms with Crippen molar-refractivity contribution in [1.29, 1.82) is 0 Å². The Balaban J connectivity index is 1.58. The van der Waals surface area contributed by atoms with E-state index >= 15 is 0 Å². The first kappa shape index (κ1) is 24.1. The number of nitrogens with zero attached hydrogens (tertiary/aromatic N) is 2. The molecule has 0 unspecified atom stereocenters. The molecule has 0 spiro atoms. The summed E-state index contributed by atoms with van der Waals surface area (Å²) in [5, 5.41) is 2.54. The van der Waals surface area contributed by atoms with E-state index in [1.165, 1.54) is 59.4 Å². The molecule has 2 aromatic heterocycles. The lowest BCUT2D eigenvalue weighted by Crippen LogP contribution is -2.29. The van der Waals surface area contributed by atoms with Gasteiger partial charge in [-0.1, -0.05) is 0 Å². The van der Waals surface area contributed by atoms with Crippen LogP contribution in [0.4, 0.5) is 14.5 Å². The molecule has 176 valence electrons. The molecule has 35 heavy (non-hydrogen) atoms. The number of hydrogen-bond donors (Lipinski definition) is 2. The van der Waals surface area contributed by atoms with E-state index in [1.54, 1.807) is 24.4 Å². The van der Waals surface area contributed by atoms with Gasteiger partial charge < -0.3 is 15.8 Å². The maximum atomic E-state index is 14.7. The summed E-state index contributed by atoms with van der Waals surface area (Å²) in [5.41, 5.74) is 5.62. The SMILES string of the molecule is NC=Cc1ncccc1Oc1ccc(NC(=O)c2c(I)ccn(-c3ccc(F)cc3)c2=O)cc1F. The third-order valence-corrected chi connectivity index (χ3v) is 5.74. The van der Waals surface area contributed by atoms with E-state index in [1.807, 2.05) is 22.6 Å². The normalized spacial score (nSPS) is 10.9. The average Bonchev–Trinajstić information content (AvgIpc) is 2.83. The molecule has 1 amide bonds. The number of rotatable bonds is 6. The standard InChI is InChI=1S/C25H17F2IN4O3/c26-15-3-6-17(7-4-15)32-13-10-19(28)23(25(32)34)24(33)31-16-5-8-21(18(27)14-16)35-22-2-1-12-30-20(22)9-11-29/h1-14H,29H2,(H,31,33). The molecule has 4 aromatic rings. The van der Waals surface area contributed by atoms with Crippen molar-refractivity contribution >= 4 is 40.3 Å². The molecular weight excluding hydrogens is 569 g/mol. The van der Waals surface area contributed by atoms with E-state index in [4.69, 9.17) is 10.5 Å². The van der Waals surface area contributed by atoms with Crippen LogP contribution in [0.2, 0.25) is 0 Å². The molecule has 0 fully saturated rings. The van der Waals surface area contributed by atoms with Crippen molar-refractivity contribution in [3.05, 3.63) is 116 Å². The van der Waals surface area contributed by atoms with Crippen LogP contribution < -0.4 is 21.3 Å². The predicted octanol–water partition coefficient (Wildman–Crippen LogP) is 5.09. The molecule has 0 aliphatic rings. The number of benzene rings is 2. The molecule has 0 saturated carbocycles. The Morgan fingerprint density at radius 1 is 1.09 bits per heavy atom. The maximum absolute atomic E-state index is 14.7. The second-order valence-corrected chi connectivity index (χ2v) is 8.30. The van der Waals surface area contributed by atoms with Gasteiger partial charge in [-0.2, -0.15) is 0 Å². The van der Waals surface area contributed by atoms with Gasteiger partial charge in [-0.25, -0.2) is 8.78 Å². The number of amides is 1. The number of pyridine rings is 2. The molecule has 10 heteroatoms. The Labute approximate surface area is 212 Å². The van der Waals surface area contributed by atoms with Crippen molar-refractivity contribution < 1.29 is 18.3 Å². The fourth-order valence-corrected chi connectivity index (χ4v) is 3.84. The van der Waals surface area contributed by atoms with Crippen molar-refractivity contribution in [2.75, 3.05) is 5.32 Å². The molecule has 0 aliphatic carbocycles. The van der Waals surface area contributed by atoms with Gasteiger partial charge in [0.2, 0.25) is 0 Å². The number of halogens is 3. The number of nitrogens with two attached hydrogens (primary N) is 1. The molecule has 0 atom stereocenters. The van der Waals surface area contributed by atoms with E-state index < -0.39 is 23.1 Å². The Bertz CT molecular complexity index is 1490. The first-order chi connectivity index (χ1) is 16.9. The largest absolute Gasteiger partial charge is 0.452 e. The number of carbonyl (C=O) groups excluding carboxylic acids is 1. The Hall–Kier alpha value is -4.06. The Kier molecular flexibility index (Phi) is 7.20. The molecule has 7 nitrogen and oxygen atoms in total. The smallest absolute Gasteiger partial charge is 0.269 e. The van der Waals surface area contributed by atoms with Gasteiger partial charge in [0.1, 0.15) is 17.1 Å². The van der Waals surface area contributed by atoms with Crippen LogP contribution in [0.3, 0.4) is 0 Å². The van der Waals surface area contributed by atoms with Crippen LogP contribution in [0.5, 0.6) is 11.5 Å². The van der Waals surface area contributed by atoms with E-state index in [2.05, 4.69) is 10.3 Å². The van der Waals surface area contributed by atoms with E-state index in [-0.39, 0.29) is 17.0 Å². The number of nitrogens with one attached hydrogen (secondary N) is 1. The second-order valence-electron chi connectivity index (χ2n) is 7.14. The first-order valence-electron chi connectivity index (χ1n) is 10.2. The van der Waals surface area contributed by atoms with Gasteiger partial charge in [0, 0.05) is 33.4 Å².